The van der Waals surface area contributed by atoms with Gasteiger partial charge in [0.15, 0.2) is 0 Å². The third-order valence-corrected chi connectivity index (χ3v) is 7.41. The second-order valence-electron chi connectivity index (χ2n) is 9.45. The monoisotopic (exact) mass is 462 g/mol. The third-order valence-electron chi connectivity index (χ3n) is 7.41. The normalized spacial score (nSPS) is 22.6. The van der Waals surface area contributed by atoms with E-state index < -0.39 is 41.7 Å². The van der Waals surface area contributed by atoms with Gasteiger partial charge in [-0.05, 0) is 64.2 Å². The Bertz CT molecular complexity index is 730. The van der Waals surface area contributed by atoms with E-state index in [0.717, 1.165) is 12.1 Å². The first-order chi connectivity index (χ1) is 15.8. The summed E-state index contributed by atoms with van der Waals surface area (Å²) in [5, 5.41) is 24.1. The summed E-state index contributed by atoms with van der Waals surface area (Å²) in [6.07, 6.45) is 15.3. The molecule has 3 rings (SSSR count). The zero-order valence-corrected chi connectivity index (χ0v) is 19.9. The molecule has 33 heavy (non-hydrogen) atoms. The van der Waals surface area contributed by atoms with Gasteiger partial charge in [0.05, 0.1) is 30.7 Å². The van der Waals surface area contributed by atoms with Crippen molar-refractivity contribution in [3.63, 3.8) is 0 Å². The van der Waals surface area contributed by atoms with Gasteiger partial charge in [0.2, 0.25) is 11.8 Å². The Morgan fingerprint density at radius 1 is 1.06 bits per heavy atom. The van der Waals surface area contributed by atoms with Gasteiger partial charge < -0.3 is 15.2 Å². The summed E-state index contributed by atoms with van der Waals surface area (Å²) < 4.78 is 0. The van der Waals surface area contributed by atoms with Crippen LogP contribution in [-0.4, -0.2) is 47.3 Å². The van der Waals surface area contributed by atoms with Crippen LogP contribution in [0.15, 0.2) is 0 Å². The molecule has 2 aliphatic carbocycles. The molecule has 3 aliphatic rings. The maximum absolute atomic E-state index is 12.3. The first kappa shape index (κ1) is 26.8. The van der Waals surface area contributed by atoms with Crippen LogP contribution >= 0.6 is 0 Å². The van der Waals surface area contributed by atoms with E-state index in [2.05, 4.69) is 5.32 Å². The molecule has 1 saturated heterocycles. The molecule has 0 aromatic carbocycles. The third kappa shape index (κ3) is 6.76. The molecule has 0 aromatic heterocycles. The Balaban J connectivity index is 0.000000254. The molecule has 0 bridgehead atoms. The molecule has 1 unspecified atom stereocenters. The van der Waals surface area contributed by atoms with E-state index in [1.54, 1.807) is 13.8 Å². The molecule has 0 aromatic rings. The van der Waals surface area contributed by atoms with Crippen LogP contribution in [0.3, 0.4) is 0 Å². The number of rotatable bonds is 7. The molecule has 9 heteroatoms. The summed E-state index contributed by atoms with van der Waals surface area (Å²) in [5.74, 6) is -4.79. The van der Waals surface area contributed by atoms with Crippen molar-refractivity contribution in [2.75, 3.05) is 6.54 Å². The predicted octanol–water partition coefficient (Wildman–Crippen LogP) is 0.976. The van der Waals surface area contributed by atoms with Crippen molar-refractivity contribution < 1.29 is 29.6 Å². The smallest absolute Gasteiger partial charge is 0.330 e. The van der Waals surface area contributed by atoms with Gasteiger partial charge in [-0.2, -0.15) is 5.26 Å². The van der Waals surface area contributed by atoms with Crippen LogP contribution in [0.25, 0.3) is 0 Å². The van der Waals surface area contributed by atoms with Gasteiger partial charge in [0.1, 0.15) is 11.3 Å². The lowest BCUT2D eigenvalue weighted by Crippen LogP contribution is -2.95. The summed E-state index contributed by atoms with van der Waals surface area (Å²) in [6, 6.07) is 2.42. The van der Waals surface area contributed by atoms with Gasteiger partial charge in [0.25, 0.3) is 0 Å². The van der Waals surface area contributed by atoms with Gasteiger partial charge >= 0.3 is 6.03 Å². The number of hydrogen-bond acceptors (Lipinski definition) is 6. The number of hydrogen-bond donors (Lipinski definition) is 2. The van der Waals surface area contributed by atoms with Crippen molar-refractivity contribution in [1.29, 1.82) is 5.26 Å². The van der Waals surface area contributed by atoms with Crippen molar-refractivity contribution >= 4 is 23.8 Å². The van der Waals surface area contributed by atoms with E-state index in [0.29, 0.717) is 4.90 Å². The van der Waals surface area contributed by atoms with Crippen LogP contribution in [0.2, 0.25) is 0 Å². The van der Waals surface area contributed by atoms with Crippen LogP contribution in [0.1, 0.15) is 90.9 Å². The van der Waals surface area contributed by atoms with E-state index in [1.807, 2.05) is 5.32 Å². The molecule has 184 valence electrons. The highest BCUT2D eigenvalue weighted by molar-refractivity contribution is 6.19. The molecular formula is C24H38N4O5. The number of nitriles is 1. The van der Waals surface area contributed by atoms with Crippen LogP contribution < -0.4 is 15.7 Å². The SMILES string of the molecule is C1CCC([NH2+]C2CCCCC2)CC1.CCC1(CC)C(=O)NC(=O)N(CC(C#N)C(=O)[O-])C1=O. The number of carbonyl (C=O) groups excluding carboxylic acids is 4. The number of quaternary nitrogens is 1. The summed E-state index contributed by atoms with van der Waals surface area (Å²) in [7, 11) is 0. The number of urea groups is 1. The van der Waals surface area contributed by atoms with Crippen molar-refractivity contribution in [2.45, 2.75) is 103 Å². The molecule has 4 amide bonds. The highest BCUT2D eigenvalue weighted by Crippen LogP contribution is 2.32. The Hall–Kier alpha value is -2.47. The quantitative estimate of drug-likeness (QED) is 0.539. The highest BCUT2D eigenvalue weighted by Gasteiger charge is 2.51. The van der Waals surface area contributed by atoms with E-state index in [9.17, 15) is 24.3 Å². The summed E-state index contributed by atoms with van der Waals surface area (Å²) in [4.78, 5) is 47.2. The van der Waals surface area contributed by atoms with Crippen molar-refractivity contribution in [3.05, 3.63) is 0 Å². The Kier molecular flexibility index (Phi) is 10.3. The van der Waals surface area contributed by atoms with E-state index in [4.69, 9.17) is 5.26 Å². The predicted molar refractivity (Wildman–Crippen MR) is 118 cm³/mol. The van der Waals surface area contributed by atoms with Gasteiger partial charge in [-0.1, -0.05) is 26.7 Å². The topological polar surface area (TPSA) is 147 Å². The minimum atomic E-state index is -1.68. The standard InChI is InChI=1S/C12H15N3O5.C12H23N/c1-3-12(4-2)9(18)14-11(20)15(10(12)19)6-7(5-13)8(16)17;1-3-7-11(8-4-1)13-12-9-5-2-6-10-12/h7H,3-4,6H2,1-2H3,(H,16,17)(H,14,18,20);11-13H,1-10H2. The molecule has 0 radical (unpaired) electrons. The first-order valence-electron chi connectivity index (χ1n) is 12.4. The van der Waals surface area contributed by atoms with Gasteiger partial charge in [-0.25, -0.2) is 4.79 Å². The fourth-order valence-corrected chi connectivity index (χ4v) is 5.16. The maximum atomic E-state index is 12.3. The summed E-state index contributed by atoms with van der Waals surface area (Å²) >= 11 is 0. The van der Waals surface area contributed by atoms with E-state index >= 15 is 0 Å². The van der Waals surface area contributed by atoms with Crippen LogP contribution in [-0.2, 0) is 14.4 Å². The summed E-state index contributed by atoms with van der Waals surface area (Å²) in [5.41, 5.74) is -1.40. The second-order valence-corrected chi connectivity index (χ2v) is 9.45. The lowest BCUT2D eigenvalue weighted by Gasteiger charge is -2.38. The molecular weight excluding hydrogens is 424 g/mol. The average Bonchev–Trinajstić information content (AvgIpc) is 2.81. The number of nitrogens with zero attached hydrogens (tertiary/aromatic N) is 2. The Labute approximate surface area is 196 Å². The molecule has 1 atom stereocenters. The number of nitrogens with two attached hydrogens (primary N) is 1. The van der Waals surface area contributed by atoms with Crippen LogP contribution in [0, 0.1) is 22.7 Å². The highest BCUT2D eigenvalue weighted by atomic mass is 16.4. The largest absolute Gasteiger partial charge is 0.549 e. The first-order valence-corrected chi connectivity index (χ1v) is 12.4. The zero-order chi connectivity index (χ0) is 24.4. The van der Waals surface area contributed by atoms with E-state index in [-0.39, 0.29) is 12.8 Å². The number of amides is 4. The van der Waals surface area contributed by atoms with Crippen LogP contribution in [0.5, 0.6) is 0 Å². The van der Waals surface area contributed by atoms with Crippen molar-refractivity contribution in [1.82, 2.24) is 10.2 Å². The average molecular weight is 463 g/mol. The fraction of sp³-hybridized carbons (Fsp3) is 0.792. The molecule has 9 nitrogen and oxygen atoms in total. The second kappa shape index (κ2) is 12.7. The maximum Gasteiger partial charge on any atom is 0.330 e. The number of barbiturate groups is 1. The number of imide groups is 2. The minimum Gasteiger partial charge on any atom is -0.549 e. The van der Waals surface area contributed by atoms with E-state index in [1.165, 1.54) is 70.3 Å². The Morgan fingerprint density at radius 3 is 1.94 bits per heavy atom. The molecule has 1 aliphatic heterocycles. The minimum absolute atomic E-state index is 0.167. The lowest BCUT2D eigenvalue weighted by molar-refractivity contribution is -0.725. The Morgan fingerprint density at radius 2 is 1.55 bits per heavy atom. The van der Waals surface area contributed by atoms with Crippen molar-refractivity contribution in [3.8, 4) is 6.07 Å². The fourth-order valence-electron chi connectivity index (χ4n) is 5.16. The zero-order valence-electron chi connectivity index (χ0n) is 19.9. The van der Waals surface area contributed by atoms with Gasteiger partial charge in [-0.15, -0.1) is 0 Å². The number of carbonyl (C=O) groups is 4. The number of carboxylic acids is 1. The molecule has 2 saturated carbocycles. The molecule has 3 N–H and O–H groups in total. The number of nitrogens with one attached hydrogen (secondary N) is 1. The lowest BCUT2D eigenvalue weighted by atomic mass is 9.78. The van der Waals surface area contributed by atoms with Crippen molar-refractivity contribution in [2.24, 2.45) is 11.3 Å². The number of aliphatic carboxylic acids is 1. The van der Waals surface area contributed by atoms with Gasteiger partial charge in [-0.3, -0.25) is 19.8 Å². The van der Waals surface area contributed by atoms with Crippen LogP contribution in [0.4, 0.5) is 4.79 Å². The van der Waals surface area contributed by atoms with Gasteiger partial charge in [0, 0.05) is 0 Å². The number of carboxylic acid groups (broad SMARTS) is 1. The molecule has 1 heterocycles. The molecule has 3 fully saturated rings. The summed E-state index contributed by atoms with van der Waals surface area (Å²) in [6.45, 7) is 2.60. The molecule has 0 spiro atoms.